The minimum atomic E-state index is -0.949. The van der Waals surface area contributed by atoms with Crippen molar-refractivity contribution in [2.45, 2.75) is 13.8 Å². The van der Waals surface area contributed by atoms with Crippen LogP contribution in [0.15, 0.2) is 23.4 Å². The third-order valence-corrected chi connectivity index (χ3v) is 0.806. The van der Waals surface area contributed by atoms with Crippen LogP contribution in [0.3, 0.4) is 0 Å². The Labute approximate surface area is 59.8 Å². The highest BCUT2D eigenvalue weighted by molar-refractivity contribution is 5.81. The lowest BCUT2D eigenvalue weighted by atomic mass is 10.2. The summed E-state index contributed by atoms with van der Waals surface area (Å²) in [7, 11) is 0. The fourth-order valence-electron chi connectivity index (χ4n) is 0.596. The van der Waals surface area contributed by atoms with Crippen LogP contribution in [0.5, 0.6) is 0 Å². The maximum atomic E-state index is 10.0. The second-order valence-corrected chi connectivity index (χ2v) is 2.11. The second kappa shape index (κ2) is 3.71. The molecule has 0 heterocycles. The molecular weight excluding hydrogens is 130 g/mol. The van der Waals surface area contributed by atoms with Gasteiger partial charge in [0.2, 0.25) is 0 Å². The summed E-state index contributed by atoms with van der Waals surface area (Å²) in [5, 5.41) is 8.25. The molecule has 0 spiro atoms. The average Bonchev–Trinajstić information content (AvgIpc) is 1.58. The SMILES string of the molecule is C/C(N)=C/C(C)=C\C(=O)O. The van der Waals surface area contributed by atoms with E-state index in [1.165, 1.54) is 0 Å². The van der Waals surface area contributed by atoms with Crippen LogP contribution in [0, 0.1) is 0 Å². The molecule has 0 unspecified atom stereocenters. The fraction of sp³-hybridized carbons (Fsp3) is 0.286. The normalized spacial score (nSPS) is 13.4. The standard InChI is InChI=1S/C7H11NO2/c1-5(3-6(2)8)4-7(9)10/h3-4H,8H2,1-2H3,(H,9,10)/b5-4-,6-3-. The van der Waals surface area contributed by atoms with Crippen LogP contribution >= 0.6 is 0 Å². The summed E-state index contributed by atoms with van der Waals surface area (Å²) in [6.07, 6.45) is 2.71. The van der Waals surface area contributed by atoms with E-state index >= 15 is 0 Å². The predicted molar refractivity (Wildman–Crippen MR) is 39.3 cm³/mol. The lowest BCUT2D eigenvalue weighted by Crippen LogP contribution is -1.92. The summed E-state index contributed by atoms with van der Waals surface area (Å²) in [5.41, 5.74) is 6.55. The highest BCUT2D eigenvalue weighted by Gasteiger charge is 1.89. The van der Waals surface area contributed by atoms with E-state index in [1.807, 2.05) is 0 Å². The fourth-order valence-corrected chi connectivity index (χ4v) is 0.596. The first-order chi connectivity index (χ1) is 4.52. The van der Waals surface area contributed by atoms with Crippen LogP contribution in [0.2, 0.25) is 0 Å². The van der Waals surface area contributed by atoms with Gasteiger partial charge in [-0.25, -0.2) is 4.79 Å². The van der Waals surface area contributed by atoms with Crippen LogP contribution in [0.1, 0.15) is 13.8 Å². The van der Waals surface area contributed by atoms with Gasteiger partial charge in [0.1, 0.15) is 0 Å². The zero-order valence-corrected chi connectivity index (χ0v) is 6.09. The van der Waals surface area contributed by atoms with E-state index in [-0.39, 0.29) is 0 Å². The molecule has 0 aliphatic rings. The van der Waals surface area contributed by atoms with Gasteiger partial charge in [-0.1, -0.05) is 0 Å². The molecule has 0 fully saturated rings. The Hall–Kier alpha value is -1.25. The number of allylic oxidation sites excluding steroid dienone is 3. The van der Waals surface area contributed by atoms with Crippen molar-refractivity contribution in [3.05, 3.63) is 23.4 Å². The van der Waals surface area contributed by atoms with Crippen molar-refractivity contribution in [1.82, 2.24) is 0 Å². The molecule has 56 valence electrons. The van der Waals surface area contributed by atoms with E-state index in [0.29, 0.717) is 11.3 Å². The number of nitrogens with two attached hydrogens (primary N) is 1. The molecule has 0 saturated heterocycles. The molecule has 0 aliphatic carbocycles. The van der Waals surface area contributed by atoms with Gasteiger partial charge in [0.25, 0.3) is 0 Å². The van der Waals surface area contributed by atoms with Crippen molar-refractivity contribution >= 4 is 5.97 Å². The minimum absolute atomic E-state index is 0.606. The molecule has 0 saturated carbocycles. The van der Waals surface area contributed by atoms with Gasteiger partial charge in [-0.15, -0.1) is 0 Å². The molecular formula is C7H11NO2. The molecule has 3 heteroatoms. The Morgan fingerprint density at radius 1 is 1.40 bits per heavy atom. The van der Waals surface area contributed by atoms with Gasteiger partial charge < -0.3 is 10.8 Å². The van der Waals surface area contributed by atoms with E-state index in [4.69, 9.17) is 10.8 Å². The Morgan fingerprint density at radius 2 is 1.90 bits per heavy atom. The third kappa shape index (κ3) is 4.90. The van der Waals surface area contributed by atoms with Gasteiger partial charge in [-0.3, -0.25) is 0 Å². The summed E-state index contributed by atoms with van der Waals surface area (Å²) in [6, 6.07) is 0. The highest BCUT2D eigenvalue weighted by atomic mass is 16.4. The maximum absolute atomic E-state index is 10.0. The summed E-state index contributed by atoms with van der Waals surface area (Å²) in [5.74, 6) is -0.949. The average molecular weight is 141 g/mol. The van der Waals surface area contributed by atoms with Crippen molar-refractivity contribution in [1.29, 1.82) is 0 Å². The summed E-state index contributed by atoms with van der Waals surface area (Å²) < 4.78 is 0. The van der Waals surface area contributed by atoms with Crippen LogP contribution in [-0.2, 0) is 4.79 Å². The van der Waals surface area contributed by atoms with Crippen LogP contribution in [0.4, 0.5) is 0 Å². The van der Waals surface area contributed by atoms with E-state index in [0.717, 1.165) is 6.08 Å². The topological polar surface area (TPSA) is 63.3 Å². The van der Waals surface area contributed by atoms with Crippen LogP contribution in [-0.4, -0.2) is 11.1 Å². The first-order valence-electron chi connectivity index (χ1n) is 2.87. The van der Waals surface area contributed by atoms with Crippen molar-refractivity contribution in [3.63, 3.8) is 0 Å². The third-order valence-electron chi connectivity index (χ3n) is 0.806. The zero-order valence-electron chi connectivity index (χ0n) is 6.09. The molecule has 0 atom stereocenters. The molecule has 10 heavy (non-hydrogen) atoms. The molecule has 0 aromatic rings. The first-order valence-corrected chi connectivity index (χ1v) is 2.87. The minimum Gasteiger partial charge on any atom is -0.478 e. The highest BCUT2D eigenvalue weighted by Crippen LogP contribution is 1.95. The number of aliphatic carboxylic acids is 1. The van der Waals surface area contributed by atoms with Crippen molar-refractivity contribution in [2.24, 2.45) is 5.73 Å². The number of carboxylic acids is 1. The summed E-state index contributed by atoms with van der Waals surface area (Å²) >= 11 is 0. The number of carbonyl (C=O) groups is 1. The summed E-state index contributed by atoms with van der Waals surface area (Å²) in [4.78, 5) is 10.0. The van der Waals surface area contributed by atoms with Gasteiger partial charge in [-0.2, -0.15) is 0 Å². The molecule has 0 aliphatic heterocycles. The number of hydrogen-bond acceptors (Lipinski definition) is 2. The molecule has 3 N–H and O–H groups in total. The van der Waals surface area contributed by atoms with Gasteiger partial charge >= 0.3 is 5.97 Å². The smallest absolute Gasteiger partial charge is 0.328 e. The number of carboxylic acid groups (broad SMARTS) is 1. The quantitative estimate of drug-likeness (QED) is 0.443. The molecule has 0 aromatic heterocycles. The largest absolute Gasteiger partial charge is 0.478 e. The molecule has 0 bridgehead atoms. The molecule has 0 aromatic carbocycles. The monoisotopic (exact) mass is 141 g/mol. The number of hydrogen-bond donors (Lipinski definition) is 2. The first kappa shape index (κ1) is 8.75. The van der Waals surface area contributed by atoms with Crippen LogP contribution in [0.25, 0.3) is 0 Å². The van der Waals surface area contributed by atoms with E-state index in [1.54, 1.807) is 19.9 Å². The molecule has 0 radical (unpaired) electrons. The van der Waals surface area contributed by atoms with Crippen molar-refractivity contribution < 1.29 is 9.90 Å². The van der Waals surface area contributed by atoms with Gasteiger partial charge in [0.15, 0.2) is 0 Å². The predicted octanol–water partition coefficient (Wildman–Crippen LogP) is 0.880. The Morgan fingerprint density at radius 3 is 2.20 bits per heavy atom. The van der Waals surface area contributed by atoms with E-state index in [9.17, 15) is 4.79 Å². The van der Waals surface area contributed by atoms with Gasteiger partial charge in [0.05, 0.1) is 0 Å². The lowest BCUT2D eigenvalue weighted by Gasteiger charge is -1.90. The zero-order chi connectivity index (χ0) is 8.15. The molecule has 0 rings (SSSR count). The van der Waals surface area contributed by atoms with Crippen molar-refractivity contribution in [3.8, 4) is 0 Å². The molecule has 0 amide bonds. The van der Waals surface area contributed by atoms with Gasteiger partial charge in [0, 0.05) is 11.8 Å². The second-order valence-electron chi connectivity index (χ2n) is 2.11. The van der Waals surface area contributed by atoms with Crippen LogP contribution < -0.4 is 5.73 Å². The molecule has 3 nitrogen and oxygen atoms in total. The van der Waals surface area contributed by atoms with E-state index in [2.05, 4.69) is 0 Å². The maximum Gasteiger partial charge on any atom is 0.328 e. The van der Waals surface area contributed by atoms with E-state index < -0.39 is 5.97 Å². The number of rotatable bonds is 2. The van der Waals surface area contributed by atoms with Crippen molar-refractivity contribution in [2.75, 3.05) is 0 Å². The lowest BCUT2D eigenvalue weighted by molar-refractivity contribution is -0.131. The Balaban J connectivity index is 4.22. The summed E-state index contributed by atoms with van der Waals surface area (Å²) in [6.45, 7) is 3.39. The Kier molecular flexibility index (Phi) is 3.25. The Bertz CT molecular complexity index is 188. The van der Waals surface area contributed by atoms with Gasteiger partial charge in [-0.05, 0) is 25.5 Å².